The molecule has 1 aromatic heterocycles. The number of aromatic amines is 1. The molecule has 0 spiro atoms. The Bertz CT molecular complexity index is 1200. The van der Waals surface area contributed by atoms with Crippen LogP contribution in [-0.4, -0.2) is 21.1 Å². The molecule has 0 fully saturated rings. The van der Waals surface area contributed by atoms with Crippen LogP contribution in [0.15, 0.2) is 52.4 Å². The Morgan fingerprint density at radius 2 is 1.87 bits per heavy atom. The number of aromatic nitrogens is 2. The summed E-state index contributed by atoms with van der Waals surface area (Å²) in [5.74, 6) is -0.273. The molecule has 0 saturated heterocycles. The number of hydrogen-bond acceptors (Lipinski definition) is 5. The monoisotopic (exact) mass is 458 g/mol. The number of thioether (sulfide) groups is 1. The van der Waals surface area contributed by atoms with Gasteiger partial charge in [0, 0.05) is 21.3 Å². The molecule has 9 heteroatoms. The molecule has 0 saturated carbocycles. The number of rotatable bonds is 5. The van der Waals surface area contributed by atoms with Gasteiger partial charge < -0.3 is 10.3 Å². The molecule has 3 aromatic rings. The molecule has 0 aliphatic carbocycles. The van der Waals surface area contributed by atoms with Gasteiger partial charge in [0.25, 0.3) is 5.56 Å². The van der Waals surface area contributed by atoms with Gasteiger partial charge in [0.15, 0.2) is 5.16 Å². The van der Waals surface area contributed by atoms with Crippen molar-refractivity contribution in [3.8, 4) is 17.3 Å². The number of aryl methyl sites for hydroxylation is 1. The van der Waals surface area contributed by atoms with E-state index in [1.807, 2.05) is 19.1 Å². The summed E-state index contributed by atoms with van der Waals surface area (Å²) >= 11 is 13.0. The van der Waals surface area contributed by atoms with Crippen molar-refractivity contribution >= 4 is 46.6 Å². The van der Waals surface area contributed by atoms with E-state index in [0.29, 0.717) is 21.3 Å². The second kappa shape index (κ2) is 9.35. The zero-order valence-corrected chi connectivity index (χ0v) is 18.3. The Balaban J connectivity index is 1.86. The van der Waals surface area contributed by atoms with E-state index in [0.717, 1.165) is 17.3 Å². The van der Waals surface area contributed by atoms with Crippen LogP contribution in [0.4, 0.5) is 5.69 Å². The Hall–Kier alpha value is -2.79. The third-order valence-electron chi connectivity index (χ3n) is 4.24. The summed E-state index contributed by atoms with van der Waals surface area (Å²) in [4.78, 5) is 32.0. The van der Waals surface area contributed by atoms with Gasteiger partial charge in [0.1, 0.15) is 11.6 Å². The predicted molar refractivity (Wildman–Crippen MR) is 120 cm³/mol. The van der Waals surface area contributed by atoms with E-state index >= 15 is 0 Å². The number of hydrogen-bond donors (Lipinski definition) is 2. The van der Waals surface area contributed by atoms with E-state index in [2.05, 4.69) is 15.3 Å². The molecule has 3 rings (SSSR count). The first-order valence-corrected chi connectivity index (χ1v) is 10.5. The van der Waals surface area contributed by atoms with Crippen molar-refractivity contribution in [2.45, 2.75) is 24.3 Å². The van der Waals surface area contributed by atoms with Crippen molar-refractivity contribution in [2.24, 2.45) is 0 Å². The average molecular weight is 459 g/mol. The summed E-state index contributed by atoms with van der Waals surface area (Å²) in [5.41, 5.74) is 1.63. The number of nitrogens with one attached hydrogen (secondary N) is 2. The first-order valence-electron chi connectivity index (χ1n) is 8.82. The lowest BCUT2D eigenvalue weighted by molar-refractivity contribution is -0.115. The lowest BCUT2D eigenvalue weighted by Crippen LogP contribution is -2.24. The maximum Gasteiger partial charge on any atom is 0.270 e. The number of carbonyl (C=O) groups excluding carboxylic acids is 1. The highest BCUT2D eigenvalue weighted by molar-refractivity contribution is 8.00. The van der Waals surface area contributed by atoms with Crippen LogP contribution in [0.5, 0.6) is 0 Å². The zero-order chi connectivity index (χ0) is 21.8. The first kappa shape index (κ1) is 21.9. The van der Waals surface area contributed by atoms with E-state index < -0.39 is 10.8 Å². The van der Waals surface area contributed by atoms with E-state index in [1.165, 1.54) is 0 Å². The van der Waals surface area contributed by atoms with Crippen molar-refractivity contribution in [1.82, 2.24) is 9.97 Å². The Kier molecular flexibility index (Phi) is 6.83. The van der Waals surface area contributed by atoms with Gasteiger partial charge in [-0.15, -0.1) is 0 Å². The standard InChI is InChI=1S/C21H16Cl2N4O2S/c1-11-3-6-15(23)9-17(11)25-19(28)12(2)30-21-26-18(16(10-24)20(29)27-21)13-4-7-14(22)8-5-13/h3-9,12H,1-2H3,(H,25,28)(H,26,27,29)/t12-/m0/s1. The number of amides is 1. The highest BCUT2D eigenvalue weighted by Crippen LogP contribution is 2.27. The van der Waals surface area contributed by atoms with Gasteiger partial charge in [-0.3, -0.25) is 9.59 Å². The number of anilines is 1. The minimum absolute atomic E-state index is 0.103. The average Bonchev–Trinajstić information content (AvgIpc) is 2.71. The second-order valence-electron chi connectivity index (χ2n) is 6.42. The number of carbonyl (C=O) groups is 1. The van der Waals surface area contributed by atoms with Crippen LogP contribution in [0.3, 0.4) is 0 Å². The molecule has 0 bridgehead atoms. The smallest absolute Gasteiger partial charge is 0.270 e. The summed E-state index contributed by atoms with van der Waals surface area (Å²) < 4.78 is 0. The molecule has 1 heterocycles. The summed E-state index contributed by atoms with van der Waals surface area (Å²) in [6, 6.07) is 13.8. The topological polar surface area (TPSA) is 98.6 Å². The maximum atomic E-state index is 12.6. The summed E-state index contributed by atoms with van der Waals surface area (Å²) in [6.45, 7) is 3.56. The Morgan fingerprint density at radius 1 is 1.20 bits per heavy atom. The largest absolute Gasteiger partial charge is 0.325 e. The first-order chi connectivity index (χ1) is 14.3. The summed E-state index contributed by atoms with van der Waals surface area (Å²) in [7, 11) is 0. The number of benzene rings is 2. The molecular weight excluding hydrogens is 443 g/mol. The molecule has 152 valence electrons. The highest BCUT2D eigenvalue weighted by atomic mass is 35.5. The fourth-order valence-electron chi connectivity index (χ4n) is 2.61. The minimum atomic E-state index is -0.572. The fourth-order valence-corrected chi connectivity index (χ4v) is 3.71. The third-order valence-corrected chi connectivity index (χ3v) is 5.71. The summed E-state index contributed by atoms with van der Waals surface area (Å²) in [5, 5.41) is 12.9. The predicted octanol–water partition coefficient (Wildman–Crippen LogP) is 5.04. The number of halogens is 2. The number of nitrogens with zero attached hydrogens (tertiary/aromatic N) is 2. The van der Waals surface area contributed by atoms with Crippen molar-refractivity contribution in [1.29, 1.82) is 5.26 Å². The summed E-state index contributed by atoms with van der Waals surface area (Å²) in [6.07, 6.45) is 0. The molecule has 2 N–H and O–H groups in total. The van der Waals surface area contributed by atoms with Crippen molar-refractivity contribution in [2.75, 3.05) is 5.32 Å². The van der Waals surface area contributed by atoms with E-state index in [9.17, 15) is 14.9 Å². The third kappa shape index (κ3) is 5.03. The van der Waals surface area contributed by atoms with Crippen LogP contribution in [0.2, 0.25) is 10.0 Å². The molecule has 6 nitrogen and oxygen atoms in total. The molecular formula is C21H16Cl2N4O2S. The molecule has 30 heavy (non-hydrogen) atoms. The van der Waals surface area contributed by atoms with Gasteiger partial charge in [-0.1, -0.05) is 53.2 Å². The molecule has 1 amide bonds. The number of nitriles is 1. The zero-order valence-electron chi connectivity index (χ0n) is 16.0. The molecule has 0 aliphatic rings. The van der Waals surface area contributed by atoms with E-state index in [4.69, 9.17) is 23.2 Å². The van der Waals surface area contributed by atoms with Crippen molar-refractivity contribution in [3.05, 3.63) is 74.0 Å². The normalized spacial score (nSPS) is 11.6. The van der Waals surface area contributed by atoms with Crippen LogP contribution in [0.1, 0.15) is 18.1 Å². The quantitative estimate of drug-likeness (QED) is 0.411. The van der Waals surface area contributed by atoms with Gasteiger partial charge in [0.2, 0.25) is 5.91 Å². The van der Waals surface area contributed by atoms with Gasteiger partial charge in [0.05, 0.1) is 10.9 Å². The van der Waals surface area contributed by atoms with Gasteiger partial charge in [-0.2, -0.15) is 5.26 Å². The Labute approximate surface area is 187 Å². The van der Waals surface area contributed by atoms with Crippen LogP contribution >= 0.6 is 35.0 Å². The van der Waals surface area contributed by atoms with Crippen LogP contribution < -0.4 is 10.9 Å². The molecule has 0 unspecified atom stereocenters. The molecule has 2 aromatic carbocycles. The van der Waals surface area contributed by atoms with Gasteiger partial charge >= 0.3 is 0 Å². The highest BCUT2D eigenvalue weighted by Gasteiger charge is 2.20. The second-order valence-corrected chi connectivity index (χ2v) is 8.62. The van der Waals surface area contributed by atoms with Crippen molar-refractivity contribution in [3.63, 3.8) is 0 Å². The molecule has 0 radical (unpaired) electrons. The lowest BCUT2D eigenvalue weighted by atomic mass is 10.1. The number of H-pyrrole nitrogens is 1. The van der Waals surface area contributed by atoms with Gasteiger partial charge in [-0.05, 0) is 43.7 Å². The van der Waals surface area contributed by atoms with Crippen molar-refractivity contribution < 1.29 is 4.79 Å². The molecule has 0 aliphatic heterocycles. The van der Waals surface area contributed by atoms with Crippen LogP contribution in [-0.2, 0) is 4.79 Å². The Morgan fingerprint density at radius 3 is 2.53 bits per heavy atom. The van der Waals surface area contributed by atoms with Gasteiger partial charge in [-0.25, -0.2) is 4.98 Å². The molecule has 1 atom stereocenters. The SMILES string of the molecule is Cc1ccc(Cl)cc1NC(=O)[C@H](C)Sc1nc(-c2ccc(Cl)cc2)c(C#N)c(=O)[nH]1. The van der Waals surface area contributed by atoms with E-state index in [-0.39, 0.29) is 22.3 Å². The fraction of sp³-hybridized carbons (Fsp3) is 0.143. The minimum Gasteiger partial charge on any atom is -0.325 e. The van der Waals surface area contributed by atoms with Crippen LogP contribution in [0.25, 0.3) is 11.3 Å². The lowest BCUT2D eigenvalue weighted by Gasteiger charge is -2.14. The van der Waals surface area contributed by atoms with E-state index in [1.54, 1.807) is 43.3 Å². The van der Waals surface area contributed by atoms with Crippen LogP contribution in [0, 0.1) is 18.3 Å². The maximum absolute atomic E-state index is 12.6.